The average molecular weight is 294 g/mol. The Balaban J connectivity index is 2.25. The van der Waals surface area contributed by atoms with E-state index < -0.39 is 0 Å². The minimum Gasteiger partial charge on any atom is -0.480 e. The van der Waals surface area contributed by atoms with Crippen LogP contribution in [0.15, 0.2) is 47.0 Å². The van der Waals surface area contributed by atoms with E-state index in [0.29, 0.717) is 19.3 Å². The number of nitrogens with two attached hydrogens (primary N) is 1. The zero-order valence-electron chi connectivity index (χ0n) is 11.8. The number of hydrogen-bond acceptors (Lipinski definition) is 5. The summed E-state index contributed by atoms with van der Waals surface area (Å²) in [4.78, 5) is 0. The Morgan fingerprint density at radius 2 is 2.05 bits per heavy atom. The quantitative estimate of drug-likeness (QED) is 0.414. The maximum Gasteiger partial charge on any atom is 0.129 e. The lowest BCUT2D eigenvalue weighted by molar-refractivity contribution is 0.500. The maximum atomic E-state index is 5.52. The predicted octanol–water partition coefficient (Wildman–Crippen LogP) is 0.862. The molecule has 0 bridgehead atoms. The van der Waals surface area contributed by atoms with Crippen LogP contribution in [0.2, 0.25) is 0 Å². The minimum atomic E-state index is 0.436. The van der Waals surface area contributed by atoms with Gasteiger partial charge in [0.05, 0.1) is 9.47 Å². The number of rotatable bonds is 7. The SMILES string of the molecule is CNC1=CC=C(NC2CC2)C=C(CNCN)C(OP)=C1. The monoisotopic (exact) mass is 294 g/mol. The third kappa shape index (κ3) is 4.37. The molecule has 1 unspecified atom stereocenters. The van der Waals surface area contributed by atoms with Gasteiger partial charge in [0.1, 0.15) is 5.76 Å². The van der Waals surface area contributed by atoms with E-state index in [1.807, 2.05) is 19.2 Å². The molecule has 1 fully saturated rings. The topological polar surface area (TPSA) is 71.3 Å². The second-order valence-corrected chi connectivity index (χ2v) is 5.08. The first-order valence-electron chi connectivity index (χ1n) is 6.83. The summed E-state index contributed by atoms with van der Waals surface area (Å²) in [5, 5.41) is 9.81. The van der Waals surface area contributed by atoms with Crippen molar-refractivity contribution in [2.45, 2.75) is 18.9 Å². The van der Waals surface area contributed by atoms with Crippen LogP contribution in [-0.4, -0.2) is 26.3 Å². The van der Waals surface area contributed by atoms with Crippen molar-refractivity contribution in [1.29, 1.82) is 0 Å². The van der Waals surface area contributed by atoms with Gasteiger partial charge in [0.2, 0.25) is 0 Å². The Morgan fingerprint density at radius 3 is 2.65 bits per heavy atom. The summed E-state index contributed by atoms with van der Waals surface area (Å²) < 4.78 is 5.43. The van der Waals surface area contributed by atoms with Gasteiger partial charge < -0.3 is 26.2 Å². The van der Waals surface area contributed by atoms with Crippen molar-refractivity contribution in [3.05, 3.63) is 47.0 Å². The fourth-order valence-corrected chi connectivity index (χ4v) is 2.15. The summed E-state index contributed by atoms with van der Waals surface area (Å²) in [6.07, 6.45) is 10.7. The molecule has 2 aliphatic carbocycles. The lowest BCUT2D eigenvalue weighted by Crippen LogP contribution is -2.26. The molecule has 1 atom stereocenters. The zero-order chi connectivity index (χ0) is 14.4. The Hall–Kier alpha value is -1.29. The second-order valence-electron chi connectivity index (χ2n) is 4.84. The molecule has 0 aromatic heterocycles. The summed E-state index contributed by atoms with van der Waals surface area (Å²) >= 11 is 0. The molecule has 0 saturated heterocycles. The summed E-state index contributed by atoms with van der Waals surface area (Å²) in [6.45, 7) is 1.10. The summed E-state index contributed by atoms with van der Waals surface area (Å²) in [5.74, 6) is 0.805. The van der Waals surface area contributed by atoms with Crippen molar-refractivity contribution >= 4 is 9.47 Å². The molecule has 110 valence electrons. The van der Waals surface area contributed by atoms with E-state index in [4.69, 9.17) is 10.3 Å². The van der Waals surface area contributed by atoms with Crippen LogP contribution in [0.5, 0.6) is 0 Å². The molecule has 6 heteroatoms. The summed E-state index contributed by atoms with van der Waals surface area (Å²) in [6, 6.07) is 0.608. The van der Waals surface area contributed by atoms with E-state index in [2.05, 4.69) is 37.6 Å². The molecular weight excluding hydrogens is 271 g/mol. The van der Waals surface area contributed by atoms with Crippen LogP contribution in [0, 0.1) is 0 Å². The highest BCUT2D eigenvalue weighted by molar-refractivity contribution is 7.10. The smallest absolute Gasteiger partial charge is 0.129 e. The minimum absolute atomic E-state index is 0.436. The third-order valence-electron chi connectivity index (χ3n) is 3.20. The Kier molecular flexibility index (Phi) is 5.65. The lowest BCUT2D eigenvalue weighted by atomic mass is 10.1. The molecule has 0 aliphatic heterocycles. The first kappa shape index (κ1) is 15.1. The first-order valence-corrected chi connectivity index (χ1v) is 7.30. The average Bonchev–Trinajstić information content (AvgIpc) is 3.25. The highest BCUT2D eigenvalue weighted by Crippen LogP contribution is 2.24. The number of likely N-dealkylation sites (N-methyl/N-ethyl adjacent to an activating group) is 1. The van der Waals surface area contributed by atoms with E-state index in [1.54, 1.807) is 0 Å². The van der Waals surface area contributed by atoms with Crippen molar-refractivity contribution < 1.29 is 4.52 Å². The van der Waals surface area contributed by atoms with E-state index in [-0.39, 0.29) is 0 Å². The van der Waals surface area contributed by atoms with Crippen molar-refractivity contribution in [3.63, 3.8) is 0 Å². The highest BCUT2D eigenvalue weighted by Gasteiger charge is 2.21. The fraction of sp³-hybridized carbons (Fsp3) is 0.429. The van der Waals surface area contributed by atoms with Crippen LogP contribution in [0.3, 0.4) is 0 Å². The van der Waals surface area contributed by atoms with Crippen molar-refractivity contribution in [2.75, 3.05) is 20.3 Å². The normalized spacial score (nSPS) is 18.9. The Morgan fingerprint density at radius 1 is 1.30 bits per heavy atom. The predicted molar refractivity (Wildman–Crippen MR) is 85.4 cm³/mol. The lowest BCUT2D eigenvalue weighted by Gasteiger charge is -2.16. The molecule has 5 nitrogen and oxygen atoms in total. The molecule has 0 aromatic rings. The summed E-state index contributed by atoms with van der Waals surface area (Å²) in [7, 11) is 4.20. The molecular formula is C14H23N4OP. The standard InChI is InChI=1S/C14H23N4OP/c1-16-12-4-5-13(18-11-2-3-11)6-10(8-17-9-15)14(7-12)19-20/h4-7,11,16-18H,2-3,8-9,15,20H2,1H3. The fourth-order valence-electron chi connectivity index (χ4n) is 1.93. The van der Waals surface area contributed by atoms with Crippen LogP contribution in [0.25, 0.3) is 0 Å². The van der Waals surface area contributed by atoms with Gasteiger partial charge >= 0.3 is 0 Å². The Bertz CT molecular complexity index is 464. The molecule has 1 saturated carbocycles. The van der Waals surface area contributed by atoms with Crippen LogP contribution in [-0.2, 0) is 4.52 Å². The summed E-state index contributed by atoms with van der Waals surface area (Å²) in [5.41, 5.74) is 8.68. The van der Waals surface area contributed by atoms with Gasteiger partial charge in [0.15, 0.2) is 0 Å². The van der Waals surface area contributed by atoms with Gasteiger partial charge in [-0.05, 0) is 31.1 Å². The van der Waals surface area contributed by atoms with Crippen molar-refractivity contribution in [1.82, 2.24) is 16.0 Å². The maximum absolute atomic E-state index is 5.52. The zero-order valence-corrected chi connectivity index (χ0v) is 12.9. The molecule has 0 spiro atoms. The molecule has 0 aromatic carbocycles. The van der Waals surface area contributed by atoms with E-state index in [1.165, 1.54) is 12.8 Å². The van der Waals surface area contributed by atoms with Crippen LogP contribution >= 0.6 is 9.47 Å². The van der Waals surface area contributed by atoms with Gasteiger partial charge in [0.25, 0.3) is 0 Å². The van der Waals surface area contributed by atoms with Gasteiger partial charge in [-0.1, -0.05) is 0 Å². The van der Waals surface area contributed by atoms with E-state index in [9.17, 15) is 0 Å². The Labute approximate surface area is 122 Å². The molecule has 20 heavy (non-hydrogen) atoms. The van der Waals surface area contributed by atoms with Gasteiger partial charge in [-0.3, -0.25) is 0 Å². The molecule has 0 radical (unpaired) electrons. The molecule has 2 aliphatic rings. The highest BCUT2D eigenvalue weighted by atomic mass is 31.0. The van der Waals surface area contributed by atoms with Crippen LogP contribution in [0.1, 0.15) is 12.8 Å². The van der Waals surface area contributed by atoms with Crippen molar-refractivity contribution in [3.8, 4) is 0 Å². The number of nitrogens with one attached hydrogen (secondary N) is 3. The van der Waals surface area contributed by atoms with Gasteiger partial charge in [0, 0.05) is 49.3 Å². The largest absolute Gasteiger partial charge is 0.480 e. The van der Waals surface area contributed by atoms with Gasteiger partial charge in [-0.15, -0.1) is 0 Å². The van der Waals surface area contributed by atoms with E-state index in [0.717, 1.165) is 22.7 Å². The number of hydrogen-bond donors (Lipinski definition) is 4. The van der Waals surface area contributed by atoms with E-state index >= 15 is 0 Å². The first-order chi connectivity index (χ1) is 9.76. The van der Waals surface area contributed by atoms with Gasteiger partial charge in [-0.25, -0.2) is 0 Å². The molecule has 0 amide bonds. The van der Waals surface area contributed by atoms with Gasteiger partial charge in [-0.2, -0.15) is 0 Å². The van der Waals surface area contributed by atoms with Crippen LogP contribution < -0.4 is 21.7 Å². The molecule has 5 N–H and O–H groups in total. The molecule has 0 heterocycles. The molecule has 2 rings (SSSR count). The third-order valence-corrected chi connectivity index (χ3v) is 3.45. The van der Waals surface area contributed by atoms with Crippen molar-refractivity contribution in [2.24, 2.45) is 5.73 Å². The number of allylic oxidation sites excluding steroid dienone is 4. The second kappa shape index (κ2) is 7.48. The van der Waals surface area contributed by atoms with Crippen LogP contribution in [0.4, 0.5) is 0 Å².